The zero-order chi connectivity index (χ0) is 13.8. The van der Waals surface area contributed by atoms with Crippen LogP contribution in [-0.4, -0.2) is 54.2 Å². The molecule has 1 aromatic heterocycles. The second-order valence-electron chi connectivity index (χ2n) is 5.01. The number of ether oxygens (including phenoxy) is 1. The highest BCUT2D eigenvalue weighted by molar-refractivity contribution is 5.48. The summed E-state index contributed by atoms with van der Waals surface area (Å²) in [4.78, 5) is 13.4. The molecule has 2 rings (SSSR count). The van der Waals surface area contributed by atoms with Gasteiger partial charge in [-0.2, -0.15) is 0 Å². The molecule has 1 aliphatic heterocycles. The fourth-order valence-corrected chi connectivity index (χ4v) is 2.39. The highest BCUT2D eigenvalue weighted by atomic mass is 16.5. The van der Waals surface area contributed by atoms with E-state index in [0.717, 1.165) is 25.5 Å². The first kappa shape index (κ1) is 14.0. The Hall–Kier alpha value is -1.40. The van der Waals surface area contributed by atoms with Gasteiger partial charge in [0.1, 0.15) is 18.2 Å². The van der Waals surface area contributed by atoms with Crippen LogP contribution in [0.4, 0.5) is 11.6 Å². The summed E-state index contributed by atoms with van der Waals surface area (Å²) in [5, 5.41) is 0. The molecule has 1 unspecified atom stereocenters. The molecule has 0 spiro atoms. The number of hydrogen-bond acceptors (Lipinski definition) is 6. The molecule has 0 amide bonds. The minimum absolute atomic E-state index is 0.413. The van der Waals surface area contributed by atoms with E-state index < -0.39 is 0 Å². The summed E-state index contributed by atoms with van der Waals surface area (Å²) in [6.07, 6.45) is 0. The minimum Gasteiger partial charge on any atom is -0.384 e. The van der Waals surface area contributed by atoms with Crippen molar-refractivity contribution in [3.8, 4) is 0 Å². The van der Waals surface area contributed by atoms with Gasteiger partial charge in [-0.25, -0.2) is 9.97 Å². The van der Waals surface area contributed by atoms with Gasteiger partial charge in [-0.15, -0.1) is 0 Å². The second-order valence-corrected chi connectivity index (χ2v) is 5.01. The third-order valence-electron chi connectivity index (χ3n) is 3.34. The molecule has 6 heteroatoms. The van der Waals surface area contributed by atoms with Gasteiger partial charge in [-0.1, -0.05) is 0 Å². The molecule has 0 radical (unpaired) electrons. The van der Waals surface area contributed by atoms with E-state index in [1.54, 1.807) is 0 Å². The van der Waals surface area contributed by atoms with Gasteiger partial charge in [0.2, 0.25) is 0 Å². The Bertz CT molecular complexity index is 425. The van der Waals surface area contributed by atoms with Crippen molar-refractivity contribution in [1.29, 1.82) is 0 Å². The topological polar surface area (TPSA) is 67.5 Å². The van der Waals surface area contributed by atoms with Gasteiger partial charge in [0.25, 0.3) is 0 Å². The van der Waals surface area contributed by atoms with Crippen LogP contribution in [0.25, 0.3) is 0 Å². The van der Waals surface area contributed by atoms with Crippen molar-refractivity contribution in [3.63, 3.8) is 0 Å². The maximum Gasteiger partial charge on any atom is 0.158 e. The second kappa shape index (κ2) is 6.16. The lowest BCUT2D eigenvalue weighted by atomic mass is 10.2. The average Bonchev–Trinajstić information content (AvgIpc) is 2.35. The Labute approximate surface area is 114 Å². The Morgan fingerprint density at radius 1 is 1.42 bits per heavy atom. The van der Waals surface area contributed by atoms with Crippen LogP contribution in [0.1, 0.15) is 19.7 Å². The highest BCUT2D eigenvalue weighted by Crippen LogP contribution is 2.20. The van der Waals surface area contributed by atoms with E-state index in [0.29, 0.717) is 30.9 Å². The smallest absolute Gasteiger partial charge is 0.158 e. The van der Waals surface area contributed by atoms with Crippen molar-refractivity contribution in [2.75, 3.05) is 43.9 Å². The van der Waals surface area contributed by atoms with Crippen LogP contribution in [0, 0.1) is 0 Å². The standard InChI is InChI=1S/C13H23N5O/c1-4-19-9-12-15-11(14)7-13(16-12)18-6-5-17(3)8-10(18)2/h7,10H,4-6,8-9H2,1-3H3,(H2,14,15,16). The van der Waals surface area contributed by atoms with Gasteiger partial charge < -0.3 is 20.3 Å². The predicted molar refractivity (Wildman–Crippen MR) is 76.1 cm³/mol. The molecule has 1 aromatic rings. The van der Waals surface area contributed by atoms with Gasteiger partial charge in [0.05, 0.1) is 0 Å². The first-order valence-corrected chi connectivity index (χ1v) is 6.76. The third kappa shape index (κ3) is 3.54. The van der Waals surface area contributed by atoms with Crippen molar-refractivity contribution in [2.45, 2.75) is 26.5 Å². The first-order valence-electron chi connectivity index (χ1n) is 6.76. The van der Waals surface area contributed by atoms with Crippen LogP contribution in [0.5, 0.6) is 0 Å². The van der Waals surface area contributed by atoms with Crippen LogP contribution in [0.3, 0.4) is 0 Å². The maximum absolute atomic E-state index is 5.87. The molecule has 0 aromatic carbocycles. The quantitative estimate of drug-likeness (QED) is 0.866. The number of nitrogen functional groups attached to an aromatic ring is 1. The number of nitrogens with two attached hydrogens (primary N) is 1. The van der Waals surface area contributed by atoms with Gasteiger partial charge >= 0.3 is 0 Å². The molecular weight excluding hydrogens is 242 g/mol. The number of nitrogens with zero attached hydrogens (tertiary/aromatic N) is 4. The molecule has 2 heterocycles. The summed E-state index contributed by atoms with van der Waals surface area (Å²) in [5.74, 6) is 2.07. The van der Waals surface area contributed by atoms with E-state index in [1.807, 2.05) is 13.0 Å². The summed E-state index contributed by atoms with van der Waals surface area (Å²) < 4.78 is 5.35. The van der Waals surface area contributed by atoms with Crippen LogP contribution in [-0.2, 0) is 11.3 Å². The number of aromatic nitrogens is 2. The lowest BCUT2D eigenvalue weighted by Crippen LogP contribution is -2.50. The fraction of sp³-hybridized carbons (Fsp3) is 0.692. The summed E-state index contributed by atoms with van der Waals surface area (Å²) >= 11 is 0. The van der Waals surface area contributed by atoms with E-state index in [9.17, 15) is 0 Å². The Balaban J connectivity index is 2.16. The van der Waals surface area contributed by atoms with Crippen LogP contribution < -0.4 is 10.6 Å². The SMILES string of the molecule is CCOCc1nc(N)cc(N2CCN(C)CC2C)n1. The summed E-state index contributed by atoms with van der Waals surface area (Å²) in [7, 11) is 2.14. The van der Waals surface area contributed by atoms with Gasteiger partial charge in [0.15, 0.2) is 5.82 Å². The molecular formula is C13H23N5O. The number of likely N-dealkylation sites (N-methyl/N-ethyl adjacent to an activating group) is 1. The molecule has 19 heavy (non-hydrogen) atoms. The lowest BCUT2D eigenvalue weighted by Gasteiger charge is -2.39. The van der Waals surface area contributed by atoms with E-state index in [-0.39, 0.29) is 0 Å². The number of piperazine rings is 1. The zero-order valence-electron chi connectivity index (χ0n) is 12.0. The Morgan fingerprint density at radius 3 is 2.89 bits per heavy atom. The molecule has 1 atom stereocenters. The summed E-state index contributed by atoms with van der Waals surface area (Å²) in [5.41, 5.74) is 5.87. The predicted octanol–water partition coefficient (Wildman–Crippen LogP) is 0.736. The zero-order valence-corrected chi connectivity index (χ0v) is 12.0. The number of rotatable bonds is 4. The normalized spacial score (nSPS) is 20.8. The van der Waals surface area contributed by atoms with Crippen LogP contribution in [0.2, 0.25) is 0 Å². The van der Waals surface area contributed by atoms with Gasteiger partial charge in [-0.05, 0) is 20.9 Å². The van der Waals surface area contributed by atoms with Crippen LogP contribution in [0.15, 0.2) is 6.07 Å². The molecule has 1 fully saturated rings. The number of anilines is 2. The van der Waals surface area contributed by atoms with Gasteiger partial charge in [0, 0.05) is 38.3 Å². The average molecular weight is 265 g/mol. The van der Waals surface area contributed by atoms with Crippen molar-refractivity contribution < 1.29 is 4.74 Å². The van der Waals surface area contributed by atoms with Crippen molar-refractivity contribution >= 4 is 11.6 Å². The fourth-order valence-electron chi connectivity index (χ4n) is 2.39. The number of hydrogen-bond donors (Lipinski definition) is 1. The monoisotopic (exact) mass is 265 g/mol. The van der Waals surface area contributed by atoms with Crippen molar-refractivity contribution in [1.82, 2.24) is 14.9 Å². The minimum atomic E-state index is 0.413. The van der Waals surface area contributed by atoms with E-state index >= 15 is 0 Å². The highest BCUT2D eigenvalue weighted by Gasteiger charge is 2.23. The molecule has 2 N–H and O–H groups in total. The lowest BCUT2D eigenvalue weighted by molar-refractivity contribution is 0.128. The van der Waals surface area contributed by atoms with E-state index in [1.165, 1.54) is 0 Å². The van der Waals surface area contributed by atoms with E-state index in [2.05, 4.69) is 33.7 Å². The van der Waals surface area contributed by atoms with E-state index in [4.69, 9.17) is 10.5 Å². The molecule has 0 saturated carbocycles. The van der Waals surface area contributed by atoms with Crippen molar-refractivity contribution in [3.05, 3.63) is 11.9 Å². The summed E-state index contributed by atoms with van der Waals surface area (Å²) in [6.45, 7) is 8.25. The molecule has 1 saturated heterocycles. The van der Waals surface area contributed by atoms with Gasteiger partial charge in [-0.3, -0.25) is 0 Å². The molecule has 0 aliphatic carbocycles. The maximum atomic E-state index is 5.87. The van der Waals surface area contributed by atoms with Crippen LogP contribution >= 0.6 is 0 Å². The molecule has 1 aliphatic rings. The molecule has 0 bridgehead atoms. The summed E-state index contributed by atoms with van der Waals surface area (Å²) in [6, 6.07) is 2.27. The largest absolute Gasteiger partial charge is 0.384 e. The molecule has 6 nitrogen and oxygen atoms in total. The third-order valence-corrected chi connectivity index (χ3v) is 3.34. The Morgan fingerprint density at radius 2 is 2.21 bits per heavy atom. The Kier molecular flexibility index (Phi) is 4.55. The first-order chi connectivity index (χ1) is 9.10. The van der Waals surface area contributed by atoms with Crippen molar-refractivity contribution in [2.24, 2.45) is 0 Å². The molecule has 106 valence electrons.